The lowest BCUT2D eigenvalue weighted by Gasteiger charge is -2.06. The molecule has 17 heavy (non-hydrogen) atoms. The molecule has 0 bridgehead atoms. The number of rotatable bonds is 4. The van der Waals surface area contributed by atoms with Crippen molar-refractivity contribution in [2.45, 2.75) is 13.3 Å². The monoisotopic (exact) mass is 259 g/mol. The molecule has 0 aliphatic heterocycles. The minimum Gasteiger partial charge on any atom is -0.324 e. The number of amides is 1. The van der Waals surface area contributed by atoms with Crippen molar-refractivity contribution in [1.29, 1.82) is 0 Å². The van der Waals surface area contributed by atoms with Crippen LogP contribution >= 0.6 is 0 Å². The van der Waals surface area contributed by atoms with Crippen LogP contribution in [0.4, 0.5) is 10.1 Å². The fraction of sp³-hybridized carbons (Fsp3) is 0.364. The molecule has 0 heterocycles. The smallest absolute Gasteiger partial charge is 0.225 e. The molecule has 6 heteroatoms. The van der Waals surface area contributed by atoms with Gasteiger partial charge in [0.15, 0.2) is 0 Å². The van der Waals surface area contributed by atoms with Gasteiger partial charge in [0, 0.05) is 12.7 Å². The number of carbonyl (C=O) groups excluding carboxylic acids is 1. The number of hydrogen-bond donors (Lipinski definition) is 1. The summed E-state index contributed by atoms with van der Waals surface area (Å²) in [6, 6.07) is 4.33. The Morgan fingerprint density at radius 3 is 2.65 bits per heavy atom. The summed E-state index contributed by atoms with van der Waals surface area (Å²) in [5.74, 6) is -1.30. The maximum atomic E-state index is 13.3. The summed E-state index contributed by atoms with van der Waals surface area (Å²) in [4.78, 5) is 11.4. The predicted octanol–water partition coefficient (Wildman–Crippen LogP) is 1.51. The van der Waals surface area contributed by atoms with Gasteiger partial charge in [0.1, 0.15) is 15.7 Å². The molecule has 0 aromatic heterocycles. The molecule has 0 atom stereocenters. The number of benzene rings is 1. The Morgan fingerprint density at radius 1 is 1.41 bits per heavy atom. The zero-order valence-corrected chi connectivity index (χ0v) is 10.5. The highest BCUT2D eigenvalue weighted by Gasteiger charge is 2.10. The lowest BCUT2D eigenvalue weighted by atomic mass is 10.2. The first-order valence-electron chi connectivity index (χ1n) is 5.01. The molecule has 1 N–H and O–H groups in total. The Hall–Kier alpha value is -1.43. The van der Waals surface area contributed by atoms with Gasteiger partial charge < -0.3 is 5.32 Å². The number of anilines is 1. The van der Waals surface area contributed by atoms with Crippen molar-refractivity contribution in [2.75, 3.05) is 17.3 Å². The first-order chi connectivity index (χ1) is 7.78. The van der Waals surface area contributed by atoms with E-state index in [1.165, 1.54) is 12.1 Å². The Labute approximate surface area is 99.8 Å². The summed E-state index contributed by atoms with van der Waals surface area (Å²) < 4.78 is 35.0. The van der Waals surface area contributed by atoms with E-state index in [-0.39, 0.29) is 17.9 Å². The highest BCUT2D eigenvalue weighted by Crippen LogP contribution is 2.15. The van der Waals surface area contributed by atoms with Gasteiger partial charge >= 0.3 is 0 Å². The molecule has 1 rings (SSSR count). The molecule has 0 saturated carbocycles. The van der Waals surface area contributed by atoms with E-state index in [0.717, 1.165) is 11.8 Å². The third-order valence-electron chi connectivity index (χ3n) is 2.10. The molecule has 1 aromatic rings. The van der Waals surface area contributed by atoms with Crippen LogP contribution in [0.3, 0.4) is 0 Å². The molecule has 0 aliphatic rings. The fourth-order valence-corrected chi connectivity index (χ4v) is 1.78. The van der Waals surface area contributed by atoms with Gasteiger partial charge in [0.25, 0.3) is 0 Å². The van der Waals surface area contributed by atoms with E-state index in [2.05, 4.69) is 5.32 Å². The molecule has 0 spiro atoms. The van der Waals surface area contributed by atoms with Gasteiger partial charge in [-0.3, -0.25) is 4.79 Å². The normalized spacial score (nSPS) is 11.2. The summed E-state index contributed by atoms with van der Waals surface area (Å²) in [6.45, 7) is 1.77. The van der Waals surface area contributed by atoms with Gasteiger partial charge in [-0.2, -0.15) is 0 Å². The van der Waals surface area contributed by atoms with Gasteiger partial charge in [-0.25, -0.2) is 12.8 Å². The highest BCUT2D eigenvalue weighted by atomic mass is 32.2. The molecule has 0 unspecified atom stereocenters. The maximum absolute atomic E-state index is 13.3. The van der Waals surface area contributed by atoms with E-state index in [4.69, 9.17) is 0 Å². The molecular weight excluding hydrogens is 245 g/mol. The first-order valence-corrected chi connectivity index (χ1v) is 7.08. The SMILES string of the molecule is Cc1ccc(F)c(NC(=O)CCS(C)(=O)=O)c1. The third kappa shape index (κ3) is 4.95. The number of carbonyl (C=O) groups is 1. The van der Waals surface area contributed by atoms with Crippen LogP contribution in [0.1, 0.15) is 12.0 Å². The number of sulfone groups is 1. The number of halogens is 1. The van der Waals surface area contributed by atoms with E-state index in [1.807, 2.05) is 0 Å². The van der Waals surface area contributed by atoms with Crippen LogP contribution in [-0.2, 0) is 14.6 Å². The van der Waals surface area contributed by atoms with Crippen molar-refractivity contribution < 1.29 is 17.6 Å². The van der Waals surface area contributed by atoms with Crippen LogP contribution in [0.2, 0.25) is 0 Å². The first kappa shape index (κ1) is 13.6. The number of aryl methyl sites for hydroxylation is 1. The summed E-state index contributed by atoms with van der Waals surface area (Å²) in [5.41, 5.74) is 0.883. The molecule has 0 saturated heterocycles. The van der Waals surface area contributed by atoms with E-state index >= 15 is 0 Å². The van der Waals surface area contributed by atoms with E-state index in [0.29, 0.717) is 0 Å². The molecule has 0 radical (unpaired) electrons. The largest absolute Gasteiger partial charge is 0.324 e. The van der Waals surface area contributed by atoms with Crippen molar-refractivity contribution in [3.05, 3.63) is 29.6 Å². The average molecular weight is 259 g/mol. The van der Waals surface area contributed by atoms with E-state index < -0.39 is 21.6 Å². The second kappa shape index (κ2) is 5.27. The summed E-state index contributed by atoms with van der Waals surface area (Å²) in [7, 11) is -3.18. The van der Waals surface area contributed by atoms with Crippen molar-refractivity contribution in [1.82, 2.24) is 0 Å². The second-order valence-electron chi connectivity index (χ2n) is 3.91. The Kier molecular flexibility index (Phi) is 4.22. The Balaban J connectivity index is 2.65. The predicted molar refractivity (Wildman–Crippen MR) is 64.1 cm³/mol. The van der Waals surface area contributed by atoms with E-state index in [9.17, 15) is 17.6 Å². The molecule has 0 aliphatic carbocycles. The van der Waals surface area contributed by atoms with Gasteiger partial charge in [0.2, 0.25) is 5.91 Å². The second-order valence-corrected chi connectivity index (χ2v) is 6.17. The zero-order valence-electron chi connectivity index (χ0n) is 9.66. The van der Waals surface area contributed by atoms with Gasteiger partial charge in [0.05, 0.1) is 11.4 Å². The Morgan fingerprint density at radius 2 is 2.06 bits per heavy atom. The molecule has 1 aromatic carbocycles. The standard InChI is InChI=1S/C11H14FNO3S/c1-8-3-4-9(12)10(7-8)13-11(14)5-6-17(2,15)16/h3-4,7H,5-6H2,1-2H3,(H,13,14). The average Bonchev–Trinajstić information content (AvgIpc) is 2.20. The zero-order chi connectivity index (χ0) is 13.1. The van der Waals surface area contributed by atoms with Crippen LogP contribution < -0.4 is 5.32 Å². The van der Waals surface area contributed by atoms with Gasteiger partial charge in [-0.15, -0.1) is 0 Å². The summed E-state index contributed by atoms with van der Waals surface area (Å²) >= 11 is 0. The number of nitrogens with one attached hydrogen (secondary N) is 1. The lowest BCUT2D eigenvalue weighted by Crippen LogP contribution is -2.17. The van der Waals surface area contributed by atoms with Crippen LogP contribution in [0.25, 0.3) is 0 Å². The van der Waals surface area contributed by atoms with Crippen molar-refractivity contribution in [2.24, 2.45) is 0 Å². The summed E-state index contributed by atoms with van der Waals surface area (Å²) in [6.07, 6.45) is 0.875. The van der Waals surface area contributed by atoms with E-state index in [1.54, 1.807) is 13.0 Å². The van der Waals surface area contributed by atoms with Gasteiger partial charge in [-0.05, 0) is 24.6 Å². The Bertz CT molecular complexity index is 526. The fourth-order valence-electron chi connectivity index (χ4n) is 1.23. The van der Waals surface area contributed by atoms with Crippen molar-refractivity contribution >= 4 is 21.4 Å². The molecule has 4 nitrogen and oxygen atoms in total. The van der Waals surface area contributed by atoms with Crippen LogP contribution in [-0.4, -0.2) is 26.3 Å². The minimum absolute atomic E-state index is 0.0727. The third-order valence-corrected chi connectivity index (χ3v) is 3.04. The molecular formula is C11H14FNO3S. The minimum atomic E-state index is -3.18. The quantitative estimate of drug-likeness (QED) is 0.891. The van der Waals surface area contributed by atoms with Crippen LogP contribution in [0.15, 0.2) is 18.2 Å². The lowest BCUT2D eigenvalue weighted by molar-refractivity contribution is -0.115. The van der Waals surface area contributed by atoms with Crippen LogP contribution in [0.5, 0.6) is 0 Å². The molecule has 0 fully saturated rings. The molecule has 1 amide bonds. The summed E-state index contributed by atoms with van der Waals surface area (Å²) in [5, 5.41) is 2.35. The number of hydrogen-bond acceptors (Lipinski definition) is 3. The topological polar surface area (TPSA) is 63.2 Å². The highest BCUT2D eigenvalue weighted by molar-refractivity contribution is 7.90. The van der Waals surface area contributed by atoms with Gasteiger partial charge in [-0.1, -0.05) is 6.07 Å². The molecule has 94 valence electrons. The van der Waals surface area contributed by atoms with Crippen molar-refractivity contribution in [3.63, 3.8) is 0 Å². The van der Waals surface area contributed by atoms with Crippen molar-refractivity contribution in [3.8, 4) is 0 Å². The van der Waals surface area contributed by atoms with Crippen LogP contribution in [0, 0.1) is 12.7 Å². The maximum Gasteiger partial charge on any atom is 0.225 e.